The van der Waals surface area contributed by atoms with Gasteiger partial charge in [-0.05, 0) is 36.2 Å². The van der Waals surface area contributed by atoms with Crippen molar-refractivity contribution in [2.45, 2.75) is 79.3 Å². The molecule has 3 unspecified atom stereocenters. The second-order valence-electron chi connectivity index (χ2n) is 7.75. The monoisotopic (exact) mass is 289 g/mol. The van der Waals surface area contributed by atoms with Crippen molar-refractivity contribution in [1.29, 1.82) is 0 Å². The molecule has 0 heterocycles. The van der Waals surface area contributed by atoms with Gasteiger partial charge in [-0.1, -0.05) is 78.3 Å². The van der Waals surface area contributed by atoms with E-state index in [9.17, 15) is 0 Å². The number of hydrogen-bond acceptors (Lipinski definition) is 1. The molecule has 1 aromatic rings. The van der Waals surface area contributed by atoms with Crippen LogP contribution < -0.4 is 5.32 Å². The van der Waals surface area contributed by atoms with Crippen molar-refractivity contribution in [2.75, 3.05) is 0 Å². The summed E-state index contributed by atoms with van der Waals surface area (Å²) in [5.74, 6) is 0.800. The summed E-state index contributed by atoms with van der Waals surface area (Å²) in [6.45, 7) is 14.0. The molecular formula is C20H35N. The molecule has 0 bridgehead atoms. The zero-order valence-electron chi connectivity index (χ0n) is 14.9. The van der Waals surface area contributed by atoms with Gasteiger partial charge in [0.25, 0.3) is 0 Å². The highest BCUT2D eigenvalue weighted by Gasteiger charge is 2.22. The third-order valence-corrected chi connectivity index (χ3v) is 4.33. The van der Waals surface area contributed by atoms with Gasteiger partial charge in [0.1, 0.15) is 0 Å². The van der Waals surface area contributed by atoms with Crippen LogP contribution in [0.3, 0.4) is 0 Å². The fourth-order valence-electron chi connectivity index (χ4n) is 2.86. The van der Waals surface area contributed by atoms with E-state index >= 15 is 0 Å². The van der Waals surface area contributed by atoms with E-state index in [-0.39, 0.29) is 0 Å². The highest BCUT2D eigenvalue weighted by atomic mass is 15.0. The topological polar surface area (TPSA) is 12.0 Å². The molecular weight excluding hydrogens is 254 g/mol. The fraction of sp³-hybridized carbons (Fsp3) is 0.700. The van der Waals surface area contributed by atoms with Gasteiger partial charge in [-0.15, -0.1) is 0 Å². The van der Waals surface area contributed by atoms with E-state index in [1.165, 1.54) is 31.2 Å². The summed E-state index contributed by atoms with van der Waals surface area (Å²) in [5.41, 5.74) is 1.76. The molecule has 21 heavy (non-hydrogen) atoms. The second-order valence-corrected chi connectivity index (χ2v) is 7.75. The van der Waals surface area contributed by atoms with Crippen molar-refractivity contribution < 1.29 is 0 Å². The first-order valence-electron chi connectivity index (χ1n) is 8.66. The smallest absolute Gasteiger partial charge is 0.0327 e. The first kappa shape index (κ1) is 18.2. The molecule has 1 rings (SSSR count). The van der Waals surface area contributed by atoms with Crippen molar-refractivity contribution in [2.24, 2.45) is 11.3 Å². The van der Waals surface area contributed by atoms with Crippen LogP contribution in [0.25, 0.3) is 0 Å². The Morgan fingerprint density at radius 2 is 1.62 bits per heavy atom. The summed E-state index contributed by atoms with van der Waals surface area (Å²) >= 11 is 0. The first-order valence-corrected chi connectivity index (χ1v) is 8.66. The summed E-state index contributed by atoms with van der Waals surface area (Å²) in [6.07, 6.45) is 4.93. The van der Waals surface area contributed by atoms with Gasteiger partial charge in [0, 0.05) is 12.1 Å². The van der Waals surface area contributed by atoms with Crippen LogP contribution >= 0.6 is 0 Å². The van der Waals surface area contributed by atoms with Crippen LogP contribution in [-0.4, -0.2) is 6.04 Å². The van der Waals surface area contributed by atoms with Gasteiger partial charge in [0.15, 0.2) is 0 Å². The molecule has 0 amide bonds. The van der Waals surface area contributed by atoms with E-state index in [1.807, 2.05) is 0 Å². The molecule has 0 aromatic heterocycles. The predicted octanol–water partition coefficient (Wildman–Crippen LogP) is 5.97. The third kappa shape index (κ3) is 7.13. The highest BCUT2D eigenvalue weighted by molar-refractivity contribution is 5.19. The zero-order chi connectivity index (χ0) is 15.9. The average molecular weight is 290 g/mol. The lowest BCUT2D eigenvalue weighted by Crippen LogP contribution is -2.35. The van der Waals surface area contributed by atoms with Crippen LogP contribution in [0.4, 0.5) is 0 Å². The molecule has 0 aliphatic rings. The lowest BCUT2D eigenvalue weighted by molar-refractivity contribution is 0.273. The maximum atomic E-state index is 3.94. The Bertz CT molecular complexity index is 377. The Morgan fingerprint density at radius 1 is 1.00 bits per heavy atom. The van der Waals surface area contributed by atoms with Gasteiger partial charge < -0.3 is 5.32 Å². The summed E-state index contributed by atoms with van der Waals surface area (Å²) in [5, 5.41) is 3.94. The molecule has 1 heteroatoms. The fourth-order valence-corrected chi connectivity index (χ4v) is 2.86. The number of benzene rings is 1. The molecule has 120 valence electrons. The SMILES string of the molecule is CCC(C)CC(CC)NC(CC(C)(C)C)c1ccccc1. The van der Waals surface area contributed by atoms with E-state index < -0.39 is 0 Å². The highest BCUT2D eigenvalue weighted by Crippen LogP contribution is 2.30. The van der Waals surface area contributed by atoms with Crippen LogP contribution in [-0.2, 0) is 0 Å². The minimum absolute atomic E-state index is 0.335. The minimum atomic E-state index is 0.335. The second kappa shape index (κ2) is 8.58. The van der Waals surface area contributed by atoms with Gasteiger partial charge >= 0.3 is 0 Å². The summed E-state index contributed by atoms with van der Waals surface area (Å²) in [6, 6.07) is 12.0. The molecule has 0 aliphatic heterocycles. The van der Waals surface area contributed by atoms with Crippen LogP contribution in [0.5, 0.6) is 0 Å². The van der Waals surface area contributed by atoms with Gasteiger partial charge in [0.2, 0.25) is 0 Å². The Balaban J connectivity index is 2.81. The van der Waals surface area contributed by atoms with Crippen LogP contribution in [0.1, 0.15) is 78.8 Å². The summed E-state index contributed by atoms with van der Waals surface area (Å²) in [4.78, 5) is 0. The van der Waals surface area contributed by atoms with E-state index in [4.69, 9.17) is 0 Å². The Kier molecular flexibility index (Phi) is 7.45. The predicted molar refractivity (Wildman–Crippen MR) is 94.5 cm³/mol. The van der Waals surface area contributed by atoms with Crippen LogP contribution in [0.15, 0.2) is 30.3 Å². The van der Waals surface area contributed by atoms with E-state index in [0.717, 1.165) is 5.92 Å². The van der Waals surface area contributed by atoms with Crippen LogP contribution in [0, 0.1) is 11.3 Å². The van der Waals surface area contributed by atoms with E-state index in [0.29, 0.717) is 17.5 Å². The van der Waals surface area contributed by atoms with E-state index in [2.05, 4.69) is 77.2 Å². The van der Waals surface area contributed by atoms with Crippen molar-refractivity contribution in [3.05, 3.63) is 35.9 Å². The molecule has 0 radical (unpaired) electrons. The van der Waals surface area contributed by atoms with Crippen LogP contribution in [0.2, 0.25) is 0 Å². The average Bonchev–Trinajstić information content (AvgIpc) is 2.45. The molecule has 1 N–H and O–H groups in total. The standard InChI is InChI=1S/C20H35N/c1-7-16(3)14-18(8-2)21-19(15-20(4,5)6)17-12-10-9-11-13-17/h9-13,16,18-19,21H,7-8,14-15H2,1-6H3. The lowest BCUT2D eigenvalue weighted by atomic mass is 9.84. The molecule has 0 aliphatic carbocycles. The molecule has 0 spiro atoms. The number of rotatable bonds is 8. The first-order chi connectivity index (χ1) is 9.85. The molecule has 3 atom stereocenters. The molecule has 0 saturated heterocycles. The van der Waals surface area contributed by atoms with E-state index in [1.54, 1.807) is 0 Å². The minimum Gasteiger partial charge on any atom is -0.307 e. The molecule has 0 fully saturated rings. The Hall–Kier alpha value is -0.820. The zero-order valence-corrected chi connectivity index (χ0v) is 14.9. The Labute approximate surface area is 132 Å². The maximum absolute atomic E-state index is 3.94. The van der Waals surface area contributed by atoms with Crippen molar-refractivity contribution in [3.63, 3.8) is 0 Å². The maximum Gasteiger partial charge on any atom is 0.0327 e. The lowest BCUT2D eigenvalue weighted by Gasteiger charge is -2.31. The van der Waals surface area contributed by atoms with Crippen molar-refractivity contribution in [3.8, 4) is 0 Å². The van der Waals surface area contributed by atoms with Gasteiger partial charge in [-0.3, -0.25) is 0 Å². The number of hydrogen-bond donors (Lipinski definition) is 1. The largest absolute Gasteiger partial charge is 0.307 e. The van der Waals surface area contributed by atoms with Gasteiger partial charge in [-0.2, -0.15) is 0 Å². The normalized spacial score (nSPS) is 16.5. The van der Waals surface area contributed by atoms with Gasteiger partial charge in [-0.25, -0.2) is 0 Å². The number of nitrogens with one attached hydrogen (secondary N) is 1. The summed E-state index contributed by atoms with van der Waals surface area (Å²) < 4.78 is 0. The van der Waals surface area contributed by atoms with Crippen molar-refractivity contribution in [1.82, 2.24) is 5.32 Å². The third-order valence-electron chi connectivity index (χ3n) is 4.33. The van der Waals surface area contributed by atoms with Crippen molar-refractivity contribution >= 4 is 0 Å². The molecule has 1 aromatic carbocycles. The summed E-state index contributed by atoms with van der Waals surface area (Å²) in [7, 11) is 0. The Morgan fingerprint density at radius 3 is 2.10 bits per heavy atom. The molecule has 0 saturated carbocycles. The quantitative estimate of drug-likeness (QED) is 0.622. The van der Waals surface area contributed by atoms with Gasteiger partial charge in [0.05, 0.1) is 0 Å². The molecule has 1 nitrogen and oxygen atoms in total.